The summed E-state index contributed by atoms with van der Waals surface area (Å²) in [6.07, 6.45) is 0. The number of nitrogens with one attached hydrogen (secondary N) is 1. The Hall–Kier alpha value is -2.84. The number of piperazine rings is 1. The lowest BCUT2D eigenvalue weighted by atomic mass is 10.0. The van der Waals surface area contributed by atoms with Gasteiger partial charge in [-0.05, 0) is 16.8 Å². The van der Waals surface area contributed by atoms with Crippen molar-refractivity contribution in [1.29, 1.82) is 5.26 Å². The summed E-state index contributed by atoms with van der Waals surface area (Å²) in [5.41, 5.74) is 1.27. The summed E-state index contributed by atoms with van der Waals surface area (Å²) < 4.78 is 6.00. The molecular weight excluding hydrogens is 288 g/mol. The van der Waals surface area contributed by atoms with Crippen LogP contribution in [0.4, 0.5) is 5.88 Å². The molecule has 0 spiro atoms. The second-order valence-corrected chi connectivity index (χ2v) is 5.55. The van der Waals surface area contributed by atoms with Gasteiger partial charge in [-0.2, -0.15) is 10.2 Å². The highest BCUT2D eigenvalue weighted by Gasteiger charge is 2.22. The summed E-state index contributed by atoms with van der Waals surface area (Å²) >= 11 is 0. The predicted octanol–water partition coefficient (Wildman–Crippen LogP) is 2.78. The molecule has 1 fully saturated rings. The second kappa shape index (κ2) is 5.75. The number of rotatable bonds is 2. The van der Waals surface area contributed by atoms with Crippen molar-refractivity contribution in [1.82, 2.24) is 10.3 Å². The van der Waals surface area contributed by atoms with E-state index in [-0.39, 0.29) is 0 Å². The van der Waals surface area contributed by atoms with E-state index in [1.807, 2.05) is 30.3 Å². The van der Waals surface area contributed by atoms with Crippen LogP contribution in [0.15, 0.2) is 46.9 Å². The van der Waals surface area contributed by atoms with Crippen LogP contribution in [0.25, 0.3) is 22.2 Å². The number of oxazole rings is 1. The van der Waals surface area contributed by atoms with Crippen LogP contribution in [0, 0.1) is 11.3 Å². The lowest BCUT2D eigenvalue weighted by Crippen LogP contribution is -2.43. The topological polar surface area (TPSA) is 65.1 Å². The highest BCUT2D eigenvalue weighted by atomic mass is 16.4. The van der Waals surface area contributed by atoms with Crippen molar-refractivity contribution in [3.63, 3.8) is 0 Å². The lowest BCUT2D eigenvalue weighted by molar-refractivity contribution is 0.512. The zero-order chi connectivity index (χ0) is 15.6. The van der Waals surface area contributed by atoms with Crippen molar-refractivity contribution in [2.45, 2.75) is 0 Å². The van der Waals surface area contributed by atoms with Gasteiger partial charge in [-0.15, -0.1) is 0 Å². The van der Waals surface area contributed by atoms with Crippen LogP contribution in [-0.4, -0.2) is 31.2 Å². The molecule has 2 heterocycles. The molecule has 0 atom stereocenters. The highest BCUT2D eigenvalue weighted by molar-refractivity contribution is 5.94. The van der Waals surface area contributed by atoms with E-state index in [4.69, 9.17) is 4.42 Å². The van der Waals surface area contributed by atoms with Crippen molar-refractivity contribution >= 4 is 16.7 Å². The Labute approximate surface area is 134 Å². The van der Waals surface area contributed by atoms with E-state index in [9.17, 15) is 5.26 Å². The van der Waals surface area contributed by atoms with E-state index in [1.165, 1.54) is 0 Å². The minimum atomic E-state index is 0.356. The molecule has 0 unspecified atom stereocenters. The molecule has 0 bridgehead atoms. The Kier molecular flexibility index (Phi) is 3.45. The van der Waals surface area contributed by atoms with Gasteiger partial charge in [0, 0.05) is 31.7 Å². The molecule has 0 saturated carbocycles. The maximum atomic E-state index is 9.41. The smallest absolute Gasteiger partial charge is 0.235 e. The number of hydrogen-bond acceptors (Lipinski definition) is 5. The van der Waals surface area contributed by atoms with E-state index < -0.39 is 0 Å². The van der Waals surface area contributed by atoms with Crippen molar-refractivity contribution in [2.75, 3.05) is 31.1 Å². The number of anilines is 1. The summed E-state index contributed by atoms with van der Waals surface area (Å²) in [5.74, 6) is 1.09. The average Bonchev–Trinajstić information content (AvgIpc) is 3.06. The zero-order valence-electron chi connectivity index (χ0n) is 12.6. The van der Waals surface area contributed by atoms with E-state index in [1.54, 1.807) is 0 Å². The zero-order valence-corrected chi connectivity index (χ0v) is 12.6. The van der Waals surface area contributed by atoms with Crippen molar-refractivity contribution in [3.05, 3.63) is 48.2 Å². The molecule has 114 valence electrons. The number of nitrogens with zero attached hydrogens (tertiary/aromatic N) is 3. The Morgan fingerprint density at radius 3 is 2.70 bits per heavy atom. The SMILES string of the molecule is N#Cc1nc(-c2cccc3ccccc23)oc1N1CCNCC1. The first-order valence-corrected chi connectivity index (χ1v) is 7.71. The first-order valence-electron chi connectivity index (χ1n) is 7.71. The number of aromatic nitrogens is 1. The summed E-state index contributed by atoms with van der Waals surface area (Å²) in [5, 5.41) is 14.9. The van der Waals surface area contributed by atoms with Crippen LogP contribution in [0.1, 0.15) is 5.69 Å². The number of benzene rings is 2. The quantitative estimate of drug-likeness (QED) is 0.788. The van der Waals surface area contributed by atoms with Crippen LogP contribution in [0.2, 0.25) is 0 Å². The molecule has 2 aromatic carbocycles. The molecule has 0 amide bonds. The number of nitriles is 1. The van der Waals surface area contributed by atoms with Crippen molar-refractivity contribution < 1.29 is 4.42 Å². The molecule has 0 aliphatic carbocycles. The van der Waals surface area contributed by atoms with Gasteiger partial charge in [0.1, 0.15) is 6.07 Å². The maximum absolute atomic E-state index is 9.41. The van der Waals surface area contributed by atoms with Gasteiger partial charge in [0.25, 0.3) is 0 Å². The molecule has 1 saturated heterocycles. The molecule has 5 nitrogen and oxygen atoms in total. The molecule has 1 aliphatic rings. The minimum Gasteiger partial charge on any atom is -0.419 e. The van der Waals surface area contributed by atoms with Crippen LogP contribution in [0.5, 0.6) is 0 Å². The maximum Gasteiger partial charge on any atom is 0.235 e. The summed E-state index contributed by atoms with van der Waals surface area (Å²) in [7, 11) is 0. The van der Waals surface area contributed by atoms with E-state index in [0.717, 1.165) is 42.5 Å². The van der Waals surface area contributed by atoms with Crippen molar-refractivity contribution in [2.24, 2.45) is 0 Å². The van der Waals surface area contributed by atoms with Crippen LogP contribution in [-0.2, 0) is 0 Å². The van der Waals surface area contributed by atoms with Crippen LogP contribution >= 0.6 is 0 Å². The average molecular weight is 304 g/mol. The molecule has 5 heteroatoms. The fourth-order valence-electron chi connectivity index (χ4n) is 2.99. The van der Waals surface area contributed by atoms with Gasteiger partial charge < -0.3 is 14.6 Å². The second-order valence-electron chi connectivity index (χ2n) is 5.55. The lowest BCUT2D eigenvalue weighted by Gasteiger charge is -2.26. The van der Waals surface area contributed by atoms with E-state index in [0.29, 0.717) is 17.5 Å². The van der Waals surface area contributed by atoms with E-state index >= 15 is 0 Å². The highest BCUT2D eigenvalue weighted by Crippen LogP contribution is 2.32. The number of hydrogen-bond donors (Lipinski definition) is 1. The normalized spacial score (nSPS) is 14.8. The summed E-state index contributed by atoms with van der Waals surface area (Å²) in [6.45, 7) is 3.40. The molecule has 3 aromatic rings. The fourth-order valence-corrected chi connectivity index (χ4v) is 2.99. The molecule has 1 aromatic heterocycles. The van der Waals surface area contributed by atoms with Gasteiger partial charge in [0.15, 0.2) is 0 Å². The van der Waals surface area contributed by atoms with E-state index in [2.05, 4.69) is 33.4 Å². The van der Waals surface area contributed by atoms with Crippen LogP contribution in [0.3, 0.4) is 0 Å². The molecular formula is C18H16N4O. The summed E-state index contributed by atoms with van der Waals surface area (Å²) in [6, 6.07) is 16.3. The van der Waals surface area contributed by atoms with Gasteiger partial charge >= 0.3 is 0 Å². The third-order valence-corrected chi connectivity index (χ3v) is 4.14. The summed E-state index contributed by atoms with van der Waals surface area (Å²) in [4.78, 5) is 6.51. The largest absolute Gasteiger partial charge is 0.419 e. The Morgan fingerprint density at radius 2 is 1.87 bits per heavy atom. The Bertz CT molecular complexity index is 882. The standard InChI is InChI=1S/C18H16N4O/c19-12-16-18(22-10-8-20-9-11-22)23-17(21-16)15-7-3-5-13-4-1-2-6-14(13)15/h1-7,20H,8-11H2. The third kappa shape index (κ3) is 2.43. The van der Waals surface area contributed by atoms with Gasteiger partial charge in [-0.3, -0.25) is 0 Å². The predicted molar refractivity (Wildman–Crippen MR) is 89.2 cm³/mol. The van der Waals surface area contributed by atoms with Crippen molar-refractivity contribution in [3.8, 4) is 17.5 Å². The Balaban J connectivity index is 1.83. The van der Waals surface area contributed by atoms with Gasteiger partial charge in [-0.25, -0.2) is 0 Å². The number of fused-ring (bicyclic) bond motifs is 1. The third-order valence-electron chi connectivity index (χ3n) is 4.14. The minimum absolute atomic E-state index is 0.356. The first-order chi connectivity index (χ1) is 11.4. The molecule has 0 radical (unpaired) electrons. The molecule has 1 aliphatic heterocycles. The molecule has 23 heavy (non-hydrogen) atoms. The monoisotopic (exact) mass is 304 g/mol. The first kappa shape index (κ1) is 13.8. The van der Waals surface area contributed by atoms with Crippen LogP contribution < -0.4 is 10.2 Å². The molecule has 4 rings (SSSR count). The molecule has 1 N–H and O–H groups in total. The van der Waals surface area contributed by atoms with Gasteiger partial charge in [-0.1, -0.05) is 36.4 Å². The van der Waals surface area contributed by atoms with Gasteiger partial charge in [0.2, 0.25) is 17.5 Å². The Morgan fingerprint density at radius 1 is 1.09 bits per heavy atom. The fraction of sp³-hybridized carbons (Fsp3) is 0.222. The van der Waals surface area contributed by atoms with Gasteiger partial charge in [0.05, 0.1) is 0 Å².